The third-order valence-corrected chi connectivity index (χ3v) is 4.30. The van der Waals surface area contributed by atoms with E-state index in [0.29, 0.717) is 17.2 Å². The number of benzene rings is 2. The van der Waals surface area contributed by atoms with Crippen molar-refractivity contribution in [2.75, 3.05) is 4.72 Å². The van der Waals surface area contributed by atoms with E-state index in [9.17, 15) is 26.0 Å². The first-order valence-corrected chi connectivity index (χ1v) is 7.61. The molecule has 0 bridgehead atoms. The molecule has 22 heavy (non-hydrogen) atoms. The maximum Gasteiger partial charge on any atom is 0.419 e. The van der Waals surface area contributed by atoms with Gasteiger partial charge < -0.3 is 0 Å². The van der Waals surface area contributed by atoms with Crippen LogP contribution < -0.4 is 4.72 Å². The van der Waals surface area contributed by atoms with Gasteiger partial charge in [-0.1, -0.05) is 11.6 Å². The second-order valence-corrected chi connectivity index (χ2v) is 6.37. The van der Waals surface area contributed by atoms with Gasteiger partial charge in [0.1, 0.15) is 5.82 Å². The van der Waals surface area contributed by atoms with E-state index in [4.69, 9.17) is 11.6 Å². The lowest BCUT2D eigenvalue weighted by molar-refractivity contribution is -0.139. The Labute approximate surface area is 128 Å². The van der Waals surface area contributed by atoms with Crippen LogP contribution in [0.5, 0.6) is 0 Å². The number of alkyl halides is 3. The quantitative estimate of drug-likeness (QED) is 0.836. The molecule has 2 rings (SSSR count). The molecule has 9 heteroatoms. The highest BCUT2D eigenvalue weighted by Crippen LogP contribution is 2.33. The molecular weight excluding hydrogens is 346 g/mol. The average molecular weight is 354 g/mol. The van der Waals surface area contributed by atoms with Crippen LogP contribution in [0.4, 0.5) is 23.2 Å². The summed E-state index contributed by atoms with van der Waals surface area (Å²) in [4.78, 5) is -0.185. The summed E-state index contributed by atoms with van der Waals surface area (Å²) in [5.41, 5.74) is -1.95. The van der Waals surface area contributed by atoms with E-state index in [-0.39, 0.29) is 4.90 Å². The number of halogens is 5. The van der Waals surface area contributed by atoms with Gasteiger partial charge in [0.05, 0.1) is 10.5 Å². The zero-order chi connectivity index (χ0) is 16.5. The number of rotatable bonds is 3. The molecule has 0 aliphatic carbocycles. The van der Waals surface area contributed by atoms with Gasteiger partial charge in [-0.15, -0.1) is 0 Å². The molecule has 2 aromatic rings. The van der Waals surface area contributed by atoms with Crippen molar-refractivity contribution in [2.45, 2.75) is 11.1 Å². The molecular formula is C13H8ClF4NO2S. The fourth-order valence-corrected chi connectivity index (χ4v) is 2.81. The number of hydrogen-bond acceptors (Lipinski definition) is 2. The lowest BCUT2D eigenvalue weighted by atomic mass is 10.2. The Kier molecular flexibility index (Phi) is 4.35. The number of hydrogen-bond donors (Lipinski definition) is 1. The molecule has 0 radical (unpaired) electrons. The molecule has 3 nitrogen and oxygen atoms in total. The van der Waals surface area contributed by atoms with Crippen molar-refractivity contribution in [1.29, 1.82) is 0 Å². The van der Waals surface area contributed by atoms with Crippen molar-refractivity contribution in [3.05, 3.63) is 58.9 Å². The first-order valence-electron chi connectivity index (χ1n) is 5.75. The molecule has 0 heterocycles. The summed E-state index contributed by atoms with van der Waals surface area (Å²) in [6.45, 7) is 0. The third kappa shape index (κ3) is 3.69. The Morgan fingerprint density at radius 3 is 2.14 bits per heavy atom. The highest BCUT2D eigenvalue weighted by atomic mass is 35.5. The Morgan fingerprint density at radius 1 is 1.00 bits per heavy atom. The lowest BCUT2D eigenvalue weighted by Crippen LogP contribution is -2.14. The van der Waals surface area contributed by atoms with Crippen LogP contribution in [-0.2, 0) is 16.2 Å². The monoisotopic (exact) mass is 353 g/mol. The Morgan fingerprint density at radius 2 is 1.59 bits per heavy atom. The lowest BCUT2D eigenvalue weighted by Gasteiger charge is -2.12. The van der Waals surface area contributed by atoms with Gasteiger partial charge in [-0.3, -0.25) is 4.72 Å². The third-order valence-electron chi connectivity index (χ3n) is 2.65. The fourth-order valence-electron chi connectivity index (χ4n) is 1.63. The topological polar surface area (TPSA) is 46.2 Å². The molecule has 0 amide bonds. The summed E-state index contributed by atoms with van der Waals surface area (Å²) < 4.78 is 77.0. The SMILES string of the molecule is O=S(=O)(Nc1ccc(F)c(C(F)(F)F)c1)c1ccc(Cl)cc1. The zero-order valence-electron chi connectivity index (χ0n) is 10.7. The van der Waals surface area contributed by atoms with Gasteiger partial charge >= 0.3 is 6.18 Å². The molecule has 0 aliphatic rings. The van der Waals surface area contributed by atoms with Crippen LogP contribution >= 0.6 is 11.6 Å². The minimum absolute atomic E-state index is 0.185. The summed E-state index contributed by atoms with van der Waals surface area (Å²) in [5, 5.41) is 0.306. The van der Waals surface area contributed by atoms with E-state index < -0.39 is 33.3 Å². The molecule has 1 N–H and O–H groups in total. The number of nitrogens with one attached hydrogen (secondary N) is 1. The second kappa shape index (κ2) is 5.77. The van der Waals surface area contributed by atoms with Crippen LogP contribution in [0, 0.1) is 5.82 Å². The highest BCUT2D eigenvalue weighted by Gasteiger charge is 2.34. The molecule has 0 atom stereocenters. The van der Waals surface area contributed by atoms with E-state index in [1.54, 1.807) is 0 Å². The largest absolute Gasteiger partial charge is 0.419 e. The highest BCUT2D eigenvalue weighted by molar-refractivity contribution is 7.92. The Balaban J connectivity index is 2.36. The molecule has 0 fully saturated rings. The van der Waals surface area contributed by atoms with Gasteiger partial charge in [0.25, 0.3) is 10.0 Å². The van der Waals surface area contributed by atoms with E-state index >= 15 is 0 Å². The molecule has 0 aromatic heterocycles. The van der Waals surface area contributed by atoms with Crippen LogP contribution in [0.25, 0.3) is 0 Å². The number of anilines is 1. The molecule has 2 aromatic carbocycles. The average Bonchev–Trinajstić information content (AvgIpc) is 2.40. The second-order valence-electron chi connectivity index (χ2n) is 4.25. The van der Waals surface area contributed by atoms with E-state index in [0.717, 1.165) is 6.07 Å². The predicted molar refractivity (Wildman–Crippen MR) is 73.7 cm³/mol. The van der Waals surface area contributed by atoms with Crippen LogP contribution in [0.1, 0.15) is 5.56 Å². The van der Waals surface area contributed by atoms with Gasteiger partial charge in [-0.2, -0.15) is 13.2 Å². The van der Waals surface area contributed by atoms with Crippen LogP contribution in [-0.4, -0.2) is 8.42 Å². The smallest absolute Gasteiger partial charge is 0.280 e. The first kappa shape index (κ1) is 16.6. The summed E-state index contributed by atoms with van der Waals surface area (Å²) >= 11 is 5.63. The van der Waals surface area contributed by atoms with Crippen LogP contribution in [0.15, 0.2) is 47.4 Å². The molecule has 0 spiro atoms. The van der Waals surface area contributed by atoms with Crippen LogP contribution in [0.3, 0.4) is 0 Å². The van der Waals surface area contributed by atoms with Crippen molar-refractivity contribution < 1.29 is 26.0 Å². The molecule has 0 aliphatic heterocycles. The van der Waals surface area contributed by atoms with Crippen molar-refractivity contribution in [3.8, 4) is 0 Å². The first-order chi connectivity index (χ1) is 10.1. The van der Waals surface area contributed by atoms with Crippen molar-refractivity contribution in [2.24, 2.45) is 0 Å². The van der Waals surface area contributed by atoms with Gasteiger partial charge in [0, 0.05) is 10.7 Å². The molecule has 118 valence electrons. The summed E-state index contributed by atoms with van der Waals surface area (Å²) in [6.07, 6.45) is -4.92. The molecule has 0 saturated heterocycles. The van der Waals surface area contributed by atoms with Gasteiger partial charge in [0.2, 0.25) is 0 Å². The molecule has 0 unspecified atom stereocenters. The van der Waals surface area contributed by atoms with E-state index in [2.05, 4.69) is 0 Å². The van der Waals surface area contributed by atoms with Crippen molar-refractivity contribution in [3.63, 3.8) is 0 Å². The Bertz CT molecular complexity index is 789. The maximum atomic E-state index is 13.2. The van der Waals surface area contributed by atoms with Gasteiger partial charge in [-0.25, -0.2) is 12.8 Å². The van der Waals surface area contributed by atoms with Crippen molar-refractivity contribution in [1.82, 2.24) is 0 Å². The van der Waals surface area contributed by atoms with E-state index in [1.807, 2.05) is 4.72 Å². The van der Waals surface area contributed by atoms with Gasteiger partial charge in [-0.05, 0) is 42.5 Å². The minimum atomic E-state index is -4.92. The maximum absolute atomic E-state index is 13.2. The fraction of sp³-hybridized carbons (Fsp3) is 0.0769. The van der Waals surface area contributed by atoms with Crippen molar-refractivity contribution >= 4 is 27.3 Å². The Hall–Kier alpha value is -1.80. The van der Waals surface area contributed by atoms with Gasteiger partial charge in [0.15, 0.2) is 0 Å². The molecule has 0 saturated carbocycles. The predicted octanol–water partition coefficient (Wildman–Crippen LogP) is 4.30. The number of sulfonamides is 1. The summed E-state index contributed by atoms with van der Waals surface area (Å²) in [7, 11) is -4.10. The zero-order valence-corrected chi connectivity index (χ0v) is 12.2. The summed E-state index contributed by atoms with van der Waals surface area (Å²) in [5.74, 6) is -1.48. The minimum Gasteiger partial charge on any atom is -0.280 e. The van der Waals surface area contributed by atoms with E-state index in [1.165, 1.54) is 24.3 Å². The summed E-state index contributed by atoms with van der Waals surface area (Å²) in [6, 6.07) is 6.87. The normalized spacial score (nSPS) is 12.2. The van der Waals surface area contributed by atoms with Crippen LogP contribution in [0.2, 0.25) is 5.02 Å². The standard InChI is InChI=1S/C13H8ClF4NO2S/c14-8-1-4-10(5-2-8)22(20,21)19-9-3-6-12(15)11(7-9)13(16,17)18/h1-7,19H.